The maximum atomic E-state index is 13.4. The van der Waals surface area contributed by atoms with E-state index in [0.717, 1.165) is 18.7 Å². The number of anilines is 2. The molecule has 34 heavy (non-hydrogen) atoms. The molecular formula is C25H35N5O4. The van der Waals surface area contributed by atoms with Gasteiger partial charge in [-0.1, -0.05) is 0 Å². The first-order valence-electron chi connectivity index (χ1n) is 11.9. The highest BCUT2D eigenvalue weighted by molar-refractivity contribution is 6.05. The molecule has 1 aliphatic heterocycles. The van der Waals surface area contributed by atoms with Gasteiger partial charge in [0.2, 0.25) is 0 Å². The first-order chi connectivity index (χ1) is 16.3. The summed E-state index contributed by atoms with van der Waals surface area (Å²) in [6.07, 6.45) is 2.23. The Morgan fingerprint density at radius 2 is 1.82 bits per heavy atom. The van der Waals surface area contributed by atoms with E-state index in [1.807, 2.05) is 38.7 Å². The van der Waals surface area contributed by atoms with E-state index in [-0.39, 0.29) is 29.6 Å². The van der Waals surface area contributed by atoms with Crippen LogP contribution in [0.1, 0.15) is 55.0 Å². The number of rotatable bonds is 7. The summed E-state index contributed by atoms with van der Waals surface area (Å²) in [5, 5.41) is 5.77. The molecule has 0 atom stereocenters. The molecule has 1 fully saturated rings. The van der Waals surface area contributed by atoms with Crippen LogP contribution in [0.15, 0.2) is 41.0 Å². The zero-order valence-corrected chi connectivity index (χ0v) is 20.5. The zero-order chi connectivity index (χ0) is 24.7. The molecule has 2 heterocycles. The van der Waals surface area contributed by atoms with Gasteiger partial charge in [-0.15, -0.1) is 0 Å². The van der Waals surface area contributed by atoms with E-state index < -0.39 is 0 Å². The van der Waals surface area contributed by atoms with Gasteiger partial charge >= 0.3 is 6.03 Å². The van der Waals surface area contributed by atoms with Crippen molar-refractivity contribution in [1.29, 1.82) is 0 Å². The molecule has 0 unspecified atom stereocenters. The smallest absolute Gasteiger partial charge is 0.317 e. The molecule has 1 aromatic carbocycles. The minimum absolute atomic E-state index is 0.0627. The number of hydrogen-bond acceptors (Lipinski definition) is 5. The molecule has 1 aromatic heterocycles. The summed E-state index contributed by atoms with van der Waals surface area (Å²) in [7, 11) is 0. The SMILES string of the molecule is CCN(CC)C(=O)c1cc(NC(=O)c2ccco2)ccc1N1CCCN(C(=O)NC(C)C)CC1. The van der Waals surface area contributed by atoms with Gasteiger partial charge in [-0.05, 0) is 64.4 Å². The first kappa shape index (κ1) is 25.1. The normalized spacial score (nSPS) is 14.0. The zero-order valence-electron chi connectivity index (χ0n) is 20.5. The predicted octanol–water partition coefficient (Wildman–Crippen LogP) is 3.64. The molecule has 4 amide bonds. The van der Waals surface area contributed by atoms with Crippen LogP contribution in [0.25, 0.3) is 0 Å². The second-order valence-corrected chi connectivity index (χ2v) is 8.57. The maximum absolute atomic E-state index is 13.4. The predicted molar refractivity (Wildman–Crippen MR) is 132 cm³/mol. The molecule has 2 N–H and O–H groups in total. The fourth-order valence-electron chi connectivity index (χ4n) is 4.04. The number of carbonyl (C=O) groups excluding carboxylic acids is 3. The van der Waals surface area contributed by atoms with Crippen LogP contribution >= 0.6 is 0 Å². The van der Waals surface area contributed by atoms with Gasteiger partial charge in [0.1, 0.15) is 0 Å². The van der Waals surface area contributed by atoms with Gasteiger partial charge in [-0.3, -0.25) is 9.59 Å². The van der Waals surface area contributed by atoms with Crippen LogP contribution < -0.4 is 15.5 Å². The molecule has 2 aromatic rings. The molecule has 184 valence electrons. The second-order valence-electron chi connectivity index (χ2n) is 8.57. The van der Waals surface area contributed by atoms with Crippen molar-refractivity contribution in [3.63, 3.8) is 0 Å². The summed E-state index contributed by atoms with van der Waals surface area (Å²) in [6, 6.07) is 8.65. The summed E-state index contributed by atoms with van der Waals surface area (Å²) in [6.45, 7) is 11.5. The van der Waals surface area contributed by atoms with E-state index in [0.29, 0.717) is 44.0 Å². The Kier molecular flexibility index (Phi) is 8.56. The van der Waals surface area contributed by atoms with Crippen molar-refractivity contribution in [2.45, 2.75) is 40.2 Å². The Hall–Kier alpha value is -3.49. The van der Waals surface area contributed by atoms with Gasteiger partial charge in [0.05, 0.1) is 11.8 Å². The van der Waals surface area contributed by atoms with Gasteiger partial charge in [0.15, 0.2) is 5.76 Å². The summed E-state index contributed by atoms with van der Waals surface area (Å²) in [4.78, 5) is 44.1. The number of benzene rings is 1. The highest BCUT2D eigenvalue weighted by Gasteiger charge is 2.25. The number of nitrogens with one attached hydrogen (secondary N) is 2. The lowest BCUT2D eigenvalue weighted by atomic mass is 10.1. The van der Waals surface area contributed by atoms with Gasteiger partial charge in [0, 0.05) is 56.7 Å². The minimum atomic E-state index is -0.374. The largest absolute Gasteiger partial charge is 0.459 e. The number of hydrogen-bond donors (Lipinski definition) is 2. The molecule has 0 saturated carbocycles. The summed E-state index contributed by atoms with van der Waals surface area (Å²) >= 11 is 0. The van der Waals surface area contributed by atoms with Crippen molar-refractivity contribution in [1.82, 2.24) is 15.1 Å². The van der Waals surface area contributed by atoms with Crippen LogP contribution in [0.3, 0.4) is 0 Å². The highest BCUT2D eigenvalue weighted by atomic mass is 16.3. The van der Waals surface area contributed by atoms with E-state index >= 15 is 0 Å². The average Bonchev–Trinajstić information content (AvgIpc) is 3.24. The van der Waals surface area contributed by atoms with Crippen LogP contribution in [-0.2, 0) is 0 Å². The number of urea groups is 1. The van der Waals surface area contributed by atoms with Gasteiger partial charge in [-0.25, -0.2) is 4.79 Å². The van der Waals surface area contributed by atoms with Gasteiger partial charge in [-0.2, -0.15) is 0 Å². The van der Waals surface area contributed by atoms with Crippen LogP contribution in [0.2, 0.25) is 0 Å². The summed E-state index contributed by atoms with van der Waals surface area (Å²) in [5.74, 6) is -0.263. The van der Waals surface area contributed by atoms with Crippen molar-refractivity contribution in [2.75, 3.05) is 49.5 Å². The van der Waals surface area contributed by atoms with E-state index in [1.165, 1.54) is 6.26 Å². The lowest BCUT2D eigenvalue weighted by Gasteiger charge is -2.28. The van der Waals surface area contributed by atoms with E-state index in [4.69, 9.17) is 4.42 Å². The van der Waals surface area contributed by atoms with E-state index in [2.05, 4.69) is 15.5 Å². The monoisotopic (exact) mass is 469 g/mol. The third kappa shape index (κ3) is 6.09. The van der Waals surface area contributed by atoms with Crippen LogP contribution in [-0.4, -0.2) is 73.0 Å². The Balaban J connectivity index is 1.85. The van der Waals surface area contributed by atoms with Crippen molar-refractivity contribution >= 4 is 29.2 Å². The molecular weight excluding hydrogens is 434 g/mol. The second kappa shape index (κ2) is 11.6. The summed E-state index contributed by atoms with van der Waals surface area (Å²) < 4.78 is 5.17. The number of furan rings is 1. The third-order valence-corrected chi connectivity index (χ3v) is 5.82. The van der Waals surface area contributed by atoms with E-state index in [9.17, 15) is 14.4 Å². The Morgan fingerprint density at radius 1 is 1.06 bits per heavy atom. The van der Waals surface area contributed by atoms with Crippen molar-refractivity contribution in [3.05, 3.63) is 47.9 Å². The Morgan fingerprint density at radius 3 is 2.47 bits per heavy atom. The third-order valence-electron chi connectivity index (χ3n) is 5.82. The number of nitrogens with zero attached hydrogens (tertiary/aromatic N) is 3. The lowest BCUT2D eigenvalue weighted by Crippen LogP contribution is -2.44. The molecule has 9 heteroatoms. The quantitative estimate of drug-likeness (QED) is 0.645. The van der Waals surface area contributed by atoms with Crippen molar-refractivity contribution in [3.8, 4) is 0 Å². The molecule has 9 nitrogen and oxygen atoms in total. The Labute approximate surface area is 201 Å². The molecule has 0 bridgehead atoms. The molecule has 0 radical (unpaired) electrons. The van der Waals surface area contributed by atoms with Crippen molar-refractivity contribution < 1.29 is 18.8 Å². The number of amides is 4. The van der Waals surface area contributed by atoms with Crippen LogP contribution in [0.5, 0.6) is 0 Å². The van der Waals surface area contributed by atoms with E-state index in [1.54, 1.807) is 29.2 Å². The fourth-order valence-corrected chi connectivity index (χ4v) is 4.04. The molecule has 1 saturated heterocycles. The summed E-state index contributed by atoms with van der Waals surface area (Å²) in [5.41, 5.74) is 1.86. The Bertz CT molecular complexity index is 985. The molecule has 3 rings (SSSR count). The molecule has 0 spiro atoms. The number of carbonyl (C=O) groups is 3. The lowest BCUT2D eigenvalue weighted by molar-refractivity contribution is 0.0773. The van der Waals surface area contributed by atoms with Crippen LogP contribution in [0.4, 0.5) is 16.2 Å². The topological polar surface area (TPSA) is 98.1 Å². The molecule has 0 aliphatic carbocycles. The van der Waals surface area contributed by atoms with Gasteiger partial charge in [0.25, 0.3) is 11.8 Å². The standard InChI is InChI=1S/C25H35N5O4/c1-5-28(6-2)24(32)20-17-19(27-23(31)22-9-7-16-34-22)10-11-21(20)29-12-8-13-30(15-14-29)25(33)26-18(3)4/h7,9-11,16-18H,5-6,8,12-15H2,1-4H3,(H,26,33)(H,27,31). The van der Waals surface area contributed by atoms with Gasteiger partial charge < -0.3 is 29.8 Å². The molecule has 1 aliphatic rings. The maximum Gasteiger partial charge on any atom is 0.317 e. The highest BCUT2D eigenvalue weighted by Crippen LogP contribution is 2.27. The van der Waals surface area contributed by atoms with Crippen LogP contribution in [0, 0.1) is 0 Å². The van der Waals surface area contributed by atoms with Crippen molar-refractivity contribution in [2.24, 2.45) is 0 Å². The average molecular weight is 470 g/mol. The fraction of sp³-hybridized carbons (Fsp3) is 0.480. The first-order valence-corrected chi connectivity index (χ1v) is 11.9. The minimum Gasteiger partial charge on any atom is -0.459 e.